The molecule has 20 heavy (non-hydrogen) atoms. The number of halogens is 1. The number of piperidine rings is 1. The van der Waals surface area contributed by atoms with E-state index < -0.39 is 0 Å². The van der Waals surface area contributed by atoms with Crippen LogP contribution in [0.4, 0.5) is 0 Å². The molecule has 118 valence electrons. The molecule has 0 saturated carbocycles. The van der Waals surface area contributed by atoms with E-state index in [4.69, 9.17) is 0 Å². The summed E-state index contributed by atoms with van der Waals surface area (Å²) in [4.78, 5) is 22.9. The SMILES string of the molecule is CCCNC(=O)CCNC(=O)CCC1CCNCC1.Cl. The third kappa shape index (κ3) is 9.15. The molecule has 1 aliphatic heterocycles. The first-order chi connectivity index (χ1) is 9.22. The summed E-state index contributed by atoms with van der Waals surface area (Å²) in [6, 6.07) is 0. The standard InChI is InChI=1S/C14H27N3O2.ClH/c1-2-8-16-14(19)7-11-17-13(18)4-3-12-5-9-15-10-6-12;/h12,15H,2-11H2,1H3,(H,16,19)(H,17,18);1H. The monoisotopic (exact) mass is 305 g/mol. The lowest BCUT2D eigenvalue weighted by Crippen LogP contribution is -2.32. The molecule has 0 aromatic rings. The number of nitrogens with one attached hydrogen (secondary N) is 3. The zero-order chi connectivity index (χ0) is 13.9. The Bertz CT molecular complexity index is 282. The Morgan fingerprint density at radius 2 is 1.65 bits per heavy atom. The van der Waals surface area contributed by atoms with Crippen LogP contribution in [0.5, 0.6) is 0 Å². The van der Waals surface area contributed by atoms with Gasteiger partial charge in [-0.1, -0.05) is 6.92 Å². The average Bonchev–Trinajstić information content (AvgIpc) is 2.44. The van der Waals surface area contributed by atoms with E-state index >= 15 is 0 Å². The van der Waals surface area contributed by atoms with Crippen LogP contribution >= 0.6 is 12.4 Å². The van der Waals surface area contributed by atoms with Crippen LogP contribution in [0, 0.1) is 5.92 Å². The fourth-order valence-corrected chi connectivity index (χ4v) is 2.26. The van der Waals surface area contributed by atoms with Crippen molar-refractivity contribution in [2.45, 2.75) is 45.4 Å². The highest BCUT2D eigenvalue weighted by Gasteiger charge is 2.14. The van der Waals surface area contributed by atoms with Gasteiger partial charge >= 0.3 is 0 Å². The molecular formula is C14H28ClN3O2. The summed E-state index contributed by atoms with van der Waals surface area (Å²) < 4.78 is 0. The van der Waals surface area contributed by atoms with Gasteiger partial charge in [-0.05, 0) is 44.7 Å². The largest absolute Gasteiger partial charge is 0.356 e. The second kappa shape index (κ2) is 12.0. The number of amides is 2. The van der Waals surface area contributed by atoms with Crippen LogP contribution in [0.2, 0.25) is 0 Å². The van der Waals surface area contributed by atoms with Gasteiger partial charge in [0.05, 0.1) is 0 Å². The van der Waals surface area contributed by atoms with E-state index in [0.717, 1.165) is 25.9 Å². The van der Waals surface area contributed by atoms with Crippen LogP contribution in [-0.2, 0) is 9.59 Å². The van der Waals surface area contributed by atoms with Gasteiger partial charge in [-0.15, -0.1) is 12.4 Å². The van der Waals surface area contributed by atoms with Crippen molar-refractivity contribution in [1.29, 1.82) is 0 Å². The summed E-state index contributed by atoms with van der Waals surface area (Å²) in [5.74, 6) is 0.766. The lowest BCUT2D eigenvalue weighted by atomic mass is 9.93. The van der Waals surface area contributed by atoms with E-state index in [1.807, 2.05) is 6.92 Å². The van der Waals surface area contributed by atoms with Gasteiger partial charge in [0.25, 0.3) is 0 Å². The second-order valence-electron chi connectivity index (χ2n) is 5.18. The molecule has 1 saturated heterocycles. The fourth-order valence-electron chi connectivity index (χ4n) is 2.26. The maximum Gasteiger partial charge on any atom is 0.221 e. The fraction of sp³-hybridized carbons (Fsp3) is 0.857. The zero-order valence-electron chi connectivity index (χ0n) is 12.4. The van der Waals surface area contributed by atoms with Crippen molar-refractivity contribution in [3.8, 4) is 0 Å². The quantitative estimate of drug-likeness (QED) is 0.631. The lowest BCUT2D eigenvalue weighted by Gasteiger charge is -2.22. The molecule has 0 aromatic carbocycles. The van der Waals surface area contributed by atoms with Crippen molar-refractivity contribution in [3.63, 3.8) is 0 Å². The predicted octanol–water partition coefficient (Wildman–Crippen LogP) is 1.22. The van der Waals surface area contributed by atoms with Gasteiger partial charge in [0, 0.05) is 25.9 Å². The van der Waals surface area contributed by atoms with Crippen LogP contribution in [0.15, 0.2) is 0 Å². The van der Waals surface area contributed by atoms with E-state index in [9.17, 15) is 9.59 Å². The highest BCUT2D eigenvalue weighted by atomic mass is 35.5. The Morgan fingerprint density at radius 3 is 2.30 bits per heavy atom. The predicted molar refractivity (Wildman–Crippen MR) is 83.0 cm³/mol. The van der Waals surface area contributed by atoms with E-state index in [1.54, 1.807) is 0 Å². The molecule has 6 heteroatoms. The summed E-state index contributed by atoms with van der Waals surface area (Å²) in [5.41, 5.74) is 0. The second-order valence-corrected chi connectivity index (χ2v) is 5.18. The Balaban J connectivity index is 0.00000361. The molecule has 0 aliphatic carbocycles. The van der Waals surface area contributed by atoms with Crippen LogP contribution in [0.3, 0.4) is 0 Å². The van der Waals surface area contributed by atoms with E-state index in [-0.39, 0.29) is 24.2 Å². The smallest absolute Gasteiger partial charge is 0.221 e. The minimum absolute atomic E-state index is 0. The summed E-state index contributed by atoms with van der Waals surface area (Å²) in [5, 5.41) is 8.93. The molecule has 1 aliphatic rings. The minimum atomic E-state index is 0. The molecule has 0 bridgehead atoms. The summed E-state index contributed by atoms with van der Waals surface area (Å²) in [7, 11) is 0. The highest BCUT2D eigenvalue weighted by Crippen LogP contribution is 2.17. The van der Waals surface area contributed by atoms with Gasteiger partial charge in [0.1, 0.15) is 0 Å². The van der Waals surface area contributed by atoms with E-state index in [2.05, 4.69) is 16.0 Å². The third-order valence-electron chi connectivity index (χ3n) is 3.48. The number of carbonyl (C=O) groups excluding carboxylic acids is 2. The first-order valence-electron chi connectivity index (χ1n) is 7.46. The molecular weight excluding hydrogens is 278 g/mol. The average molecular weight is 306 g/mol. The Morgan fingerprint density at radius 1 is 1.05 bits per heavy atom. The van der Waals surface area contributed by atoms with Crippen molar-refractivity contribution in [2.75, 3.05) is 26.2 Å². The third-order valence-corrected chi connectivity index (χ3v) is 3.48. The normalized spacial score (nSPS) is 15.2. The number of carbonyl (C=O) groups is 2. The van der Waals surface area contributed by atoms with Crippen LogP contribution in [0.1, 0.15) is 45.4 Å². The number of rotatable bonds is 8. The molecule has 3 N–H and O–H groups in total. The molecule has 2 amide bonds. The van der Waals surface area contributed by atoms with E-state index in [0.29, 0.717) is 31.8 Å². The molecule has 1 rings (SSSR count). The van der Waals surface area contributed by atoms with Gasteiger partial charge in [-0.2, -0.15) is 0 Å². The maximum absolute atomic E-state index is 11.6. The molecule has 0 aromatic heterocycles. The van der Waals surface area contributed by atoms with Crippen molar-refractivity contribution in [3.05, 3.63) is 0 Å². The summed E-state index contributed by atoms with van der Waals surface area (Å²) in [6.07, 6.45) is 5.21. The number of hydrogen-bond acceptors (Lipinski definition) is 3. The Hall–Kier alpha value is -0.810. The summed E-state index contributed by atoms with van der Waals surface area (Å²) in [6.45, 7) is 5.32. The van der Waals surface area contributed by atoms with Crippen molar-refractivity contribution >= 4 is 24.2 Å². The minimum Gasteiger partial charge on any atom is -0.356 e. The van der Waals surface area contributed by atoms with Gasteiger partial charge in [-0.25, -0.2) is 0 Å². The van der Waals surface area contributed by atoms with Crippen molar-refractivity contribution in [2.24, 2.45) is 5.92 Å². The Kier molecular flexibility index (Phi) is 11.5. The first-order valence-corrected chi connectivity index (χ1v) is 7.46. The molecule has 0 spiro atoms. The topological polar surface area (TPSA) is 70.2 Å². The lowest BCUT2D eigenvalue weighted by molar-refractivity contribution is -0.122. The molecule has 1 heterocycles. The molecule has 0 atom stereocenters. The Labute approximate surface area is 128 Å². The first kappa shape index (κ1) is 19.2. The zero-order valence-corrected chi connectivity index (χ0v) is 13.2. The van der Waals surface area contributed by atoms with Crippen LogP contribution in [0.25, 0.3) is 0 Å². The maximum atomic E-state index is 11.6. The molecule has 1 fully saturated rings. The van der Waals surface area contributed by atoms with Gasteiger partial charge < -0.3 is 16.0 Å². The van der Waals surface area contributed by atoms with E-state index in [1.165, 1.54) is 12.8 Å². The van der Waals surface area contributed by atoms with Crippen molar-refractivity contribution < 1.29 is 9.59 Å². The van der Waals surface area contributed by atoms with Crippen LogP contribution < -0.4 is 16.0 Å². The van der Waals surface area contributed by atoms with Gasteiger partial charge in [0.2, 0.25) is 11.8 Å². The summed E-state index contributed by atoms with van der Waals surface area (Å²) >= 11 is 0. The molecule has 5 nitrogen and oxygen atoms in total. The van der Waals surface area contributed by atoms with Crippen molar-refractivity contribution in [1.82, 2.24) is 16.0 Å². The van der Waals surface area contributed by atoms with Gasteiger partial charge in [-0.3, -0.25) is 9.59 Å². The molecule has 0 unspecified atom stereocenters. The van der Waals surface area contributed by atoms with Gasteiger partial charge in [0.15, 0.2) is 0 Å². The number of hydrogen-bond donors (Lipinski definition) is 3. The highest BCUT2D eigenvalue weighted by molar-refractivity contribution is 5.85. The molecule has 0 radical (unpaired) electrons. The van der Waals surface area contributed by atoms with Crippen LogP contribution in [-0.4, -0.2) is 38.0 Å².